The molecule has 0 radical (unpaired) electrons. The molecule has 0 saturated heterocycles. The average molecular weight is 312 g/mol. The standard InChI is InChI=1S/C15H22BrNO/c1-10-5-4-6-13(7-10)17-15-11(2)8-12(16)9-14(15)18-3/h8-10,13,17H,4-7H2,1-3H3. The highest BCUT2D eigenvalue weighted by Crippen LogP contribution is 2.35. The molecule has 100 valence electrons. The SMILES string of the molecule is COc1cc(Br)cc(C)c1NC1CCCC(C)C1. The Morgan fingerprint density at radius 1 is 1.33 bits per heavy atom. The molecule has 0 aromatic heterocycles. The molecule has 1 aromatic rings. The molecule has 2 atom stereocenters. The number of halogens is 1. The van der Waals surface area contributed by atoms with Gasteiger partial charge in [-0.05, 0) is 43.4 Å². The highest BCUT2D eigenvalue weighted by atomic mass is 79.9. The third kappa shape index (κ3) is 3.19. The Labute approximate surface area is 118 Å². The smallest absolute Gasteiger partial charge is 0.143 e. The van der Waals surface area contributed by atoms with E-state index in [0.29, 0.717) is 6.04 Å². The fourth-order valence-electron chi connectivity index (χ4n) is 2.83. The second kappa shape index (κ2) is 5.96. The van der Waals surface area contributed by atoms with Crippen molar-refractivity contribution in [2.45, 2.75) is 45.6 Å². The van der Waals surface area contributed by atoms with Gasteiger partial charge in [-0.2, -0.15) is 0 Å². The monoisotopic (exact) mass is 311 g/mol. The minimum absolute atomic E-state index is 0.586. The van der Waals surface area contributed by atoms with Gasteiger partial charge in [0.2, 0.25) is 0 Å². The van der Waals surface area contributed by atoms with E-state index in [4.69, 9.17) is 4.74 Å². The molecule has 0 heterocycles. The number of methoxy groups -OCH3 is 1. The highest BCUT2D eigenvalue weighted by Gasteiger charge is 2.20. The van der Waals surface area contributed by atoms with Crippen LogP contribution in [0.3, 0.4) is 0 Å². The van der Waals surface area contributed by atoms with E-state index in [9.17, 15) is 0 Å². The maximum absolute atomic E-state index is 5.48. The van der Waals surface area contributed by atoms with Crippen LogP contribution in [-0.2, 0) is 0 Å². The van der Waals surface area contributed by atoms with Gasteiger partial charge in [0.25, 0.3) is 0 Å². The molecule has 1 aliphatic carbocycles. The topological polar surface area (TPSA) is 21.3 Å². The van der Waals surface area contributed by atoms with E-state index in [0.717, 1.165) is 21.8 Å². The number of hydrogen-bond acceptors (Lipinski definition) is 2. The second-order valence-corrected chi connectivity index (χ2v) is 6.33. The van der Waals surface area contributed by atoms with Crippen LogP contribution in [-0.4, -0.2) is 13.2 Å². The lowest BCUT2D eigenvalue weighted by molar-refractivity contribution is 0.356. The third-order valence-corrected chi connectivity index (χ3v) is 4.23. The molecule has 1 fully saturated rings. The summed E-state index contributed by atoms with van der Waals surface area (Å²) >= 11 is 3.51. The van der Waals surface area contributed by atoms with Gasteiger partial charge in [0.15, 0.2) is 0 Å². The Bertz CT molecular complexity index is 419. The quantitative estimate of drug-likeness (QED) is 0.869. The Hall–Kier alpha value is -0.700. The van der Waals surface area contributed by atoms with E-state index in [2.05, 4.69) is 41.2 Å². The molecule has 1 aliphatic rings. The number of hydrogen-bond donors (Lipinski definition) is 1. The van der Waals surface area contributed by atoms with Crippen LogP contribution in [0.5, 0.6) is 5.75 Å². The Kier molecular flexibility index (Phi) is 4.55. The van der Waals surface area contributed by atoms with Crippen LogP contribution in [0.4, 0.5) is 5.69 Å². The zero-order chi connectivity index (χ0) is 13.1. The van der Waals surface area contributed by atoms with Crippen molar-refractivity contribution in [2.75, 3.05) is 12.4 Å². The number of nitrogens with one attached hydrogen (secondary N) is 1. The minimum Gasteiger partial charge on any atom is -0.495 e. The van der Waals surface area contributed by atoms with Crippen LogP contribution in [0, 0.1) is 12.8 Å². The van der Waals surface area contributed by atoms with Crippen molar-refractivity contribution < 1.29 is 4.74 Å². The molecule has 2 nitrogen and oxygen atoms in total. The predicted octanol–water partition coefficient (Wildman–Crippen LogP) is 4.76. The van der Waals surface area contributed by atoms with E-state index in [1.807, 2.05) is 6.07 Å². The summed E-state index contributed by atoms with van der Waals surface area (Å²) in [7, 11) is 1.73. The van der Waals surface area contributed by atoms with Gasteiger partial charge in [-0.15, -0.1) is 0 Å². The molecule has 0 spiro atoms. The van der Waals surface area contributed by atoms with Crippen molar-refractivity contribution >= 4 is 21.6 Å². The number of ether oxygens (including phenoxy) is 1. The lowest BCUT2D eigenvalue weighted by Gasteiger charge is -2.29. The molecule has 2 rings (SSSR count). The second-order valence-electron chi connectivity index (χ2n) is 5.41. The summed E-state index contributed by atoms with van der Waals surface area (Å²) < 4.78 is 6.55. The van der Waals surface area contributed by atoms with Crippen molar-refractivity contribution in [3.05, 3.63) is 22.2 Å². The van der Waals surface area contributed by atoms with E-state index < -0.39 is 0 Å². The molecule has 0 aliphatic heterocycles. The zero-order valence-electron chi connectivity index (χ0n) is 11.4. The van der Waals surface area contributed by atoms with E-state index in [1.54, 1.807) is 7.11 Å². The summed E-state index contributed by atoms with van der Waals surface area (Å²) in [5.41, 5.74) is 2.39. The van der Waals surface area contributed by atoms with Gasteiger partial charge in [-0.3, -0.25) is 0 Å². The van der Waals surface area contributed by atoms with Crippen LogP contribution >= 0.6 is 15.9 Å². The van der Waals surface area contributed by atoms with Crippen LogP contribution in [0.1, 0.15) is 38.2 Å². The van der Waals surface area contributed by atoms with Crippen molar-refractivity contribution in [3.8, 4) is 5.75 Å². The lowest BCUT2D eigenvalue weighted by atomic mass is 9.87. The van der Waals surface area contributed by atoms with E-state index in [1.165, 1.54) is 31.2 Å². The van der Waals surface area contributed by atoms with Gasteiger partial charge in [0.05, 0.1) is 12.8 Å². The minimum atomic E-state index is 0.586. The van der Waals surface area contributed by atoms with Gasteiger partial charge in [-0.25, -0.2) is 0 Å². The Morgan fingerprint density at radius 2 is 2.11 bits per heavy atom. The molecule has 0 bridgehead atoms. The highest BCUT2D eigenvalue weighted by molar-refractivity contribution is 9.10. The van der Waals surface area contributed by atoms with Gasteiger partial charge in [-0.1, -0.05) is 35.7 Å². The normalized spacial score (nSPS) is 23.8. The summed E-state index contributed by atoms with van der Waals surface area (Å²) in [6.07, 6.45) is 5.23. The van der Waals surface area contributed by atoms with Crippen molar-refractivity contribution in [1.82, 2.24) is 0 Å². The molecular weight excluding hydrogens is 290 g/mol. The first-order valence-corrected chi connectivity index (χ1v) is 7.50. The lowest BCUT2D eigenvalue weighted by Crippen LogP contribution is -2.26. The molecule has 3 heteroatoms. The molecule has 18 heavy (non-hydrogen) atoms. The summed E-state index contributed by atoms with van der Waals surface area (Å²) in [6, 6.07) is 4.75. The molecular formula is C15H22BrNO. The third-order valence-electron chi connectivity index (χ3n) is 3.77. The Balaban J connectivity index is 2.17. The van der Waals surface area contributed by atoms with Gasteiger partial charge in [0, 0.05) is 10.5 Å². The van der Waals surface area contributed by atoms with E-state index >= 15 is 0 Å². The first kappa shape index (κ1) is 13.7. The average Bonchev–Trinajstić information content (AvgIpc) is 2.32. The summed E-state index contributed by atoms with van der Waals surface area (Å²) in [5.74, 6) is 1.76. The van der Waals surface area contributed by atoms with Crippen LogP contribution < -0.4 is 10.1 Å². The molecule has 1 saturated carbocycles. The van der Waals surface area contributed by atoms with Crippen LogP contribution in [0.2, 0.25) is 0 Å². The molecule has 2 unspecified atom stereocenters. The molecule has 1 aromatic carbocycles. The number of rotatable bonds is 3. The van der Waals surface area contributed by atoms with Gasteiger partial charge >= 0.3 is 0 Å². The zero-order valence-corrected chi connectivity index (χ0v) is 13.0. The molecule has 1 N–H and O–H groups in total. The fraction of sp³-hybridized carbons (Fsp3) is 0.600. The number of anilines is 1. The van der Waals surface area contributed by atoms with Crippen molar-refractivity contribution in [2.24, 2.45) is 5.92 Å². The number of benzene rings is 1. The maximum atomic E-state index is 5.48. The van der Waals surface area contributed by atoms with E-state index in [-0.39, 0.29) is 0 Å². The largest absolute Gasteiger partial charge is 0.495 e. The summed E-state index contributed by atoms with van der Waals surface area (Å²) in [4.78, 5) is 0. The summed E-state index contributed by atoms with van der Waals surface area (Å²) in [5, 5.41) is 3.68. The fourth-order valence-corrected chi connectivity index (χ4v) is 3.38. The van der Waals surface area contributed by atoms with Crippen LogP contribution in [0.25, 0.3) is 0 Å². The first-order chi connectivity index (χ1) is 8.60. The molecule has 0 amide bonds. The maximum Gasteiger partial charge on any atom is 0.143 e. The van der Waals surface area contributed by atoms with Gasteiger partial charge < -0.3 is 10.1 Å². The summed E-state index contributed by atoms with van der Waals surface area (Å²) in [6.45, 7) is 4.47. The van der Waals surface area contributed by atoms with Crippen LogP contribution in [0.15, 0.2) is 16.6 Å². The number of aryl methyl sites for hydroxylation is 1. The van der Waals surface area contributed by atoms with Gasteiger partial charge in [0.1, 0.15) is 5.75 Å². The first-order valence-electron chi connectivity index (χ1n) is 6.71. The van der Waals surface area contributed by atoms with Crippen molar-refractivity contribution in [3.63, 3.8) is 0 Å². The predicted molar refractivity (Wildman–Crippen MR) is 80.5 cm³/mol. The van der Waals surface area contributed by atoms with Crippen molar-refractivity contribution in [1.29, 1.82) is 0 Å². The Morgan fingerprint density at radius 3 is 2.78 bits per heavy atom.